The van der Waals surface area contributed by atoms with Gasteiger partial charge in [0.05, 0.1) is 45.7 Å². The van der Waals surface area contributed by atoms with Crippen LogP contribution in [0.2, 0.25) is 0 Å². The topological polar surface area (TPSA) is 73.4 Å². The van der Waals surface area contributed by atoms with Crippen LogP contribution < -0.4 is 19.8 Å². The maximum Gasteiger partial charge on any atom is 0.260 e. The van der Waals surface area contributed by atoms with Crippen LogP contribution in [0.3, 0.4) is 0 Å². The van der Waals surface area contributed by atoms with E-state index >= 15 is 0 Å². The number of nitrogens with one attached hydrogen (secondary N) is 1. The lowest BCUT2D eigenvalue weighted by Gasteiger charge is -2.30. The summed E-state index contributed by atoms with van der Waals surface area (Å²) in [6, 6.07) is 11.0. The van der Waals surface area contributed by atoms with E-state index in [9.17, 15) is 9.59 Å². The van der Waals surface area contributed by atoms with Crippen molar-refractivity contribution < 1.29 is 23.6 Å². The molecule has 1 aliphatic heterocycles. The van der Waals surface area contributed by atoms with Gasteiger partial charge in [0.15, 0.2) is 12.4 Å². The second-order valence-corrected chi connectivity index (χ2v) is 8.40. The molecule has 7 nitrogen and oxygen atoms in total. The maximum atomic E-state index is 13.5. The second kappa shape index (κ2) is 9.04. The Kier molecular flexibility index (Phi) is 6.19. The van der Waals surface area contributed by atoms with Gasteiger partial charge in [0, 0.05) is 5.56 Å². The number of fused-ring (bicyclic) bond motifs is 1. The van der Waals surface area contributed by atoms with Gasteiger partial charge in [-0.1, -0.05) is 6.07 Å². The van der Waals surface area contributed by atoms with Crippen LogP contribution in [-0.4, -0.2) is 57.8 Å². The summed E-state index contributed by atoms with van der Waals surface area (Å²) in [5.41, 5.74) is 2.71. The fraction of sp³-hybridized carbons (Fsp3) is 0.360. The molecule has 0 aliphatic carbocycles. The fourth-order valence-corrected chi connectivity index (χ4v) is 4.10. The number of piperazine rings is 1. The summed E-state index contributed by atoms with van der Waals surface area (Å²) >= 11 is 0. The highest BCUT2D eigenvalue weighted by Gasteiger charge is 2.24. The number of quaternary nitrogens is 1. The van der Waals surface area contributed by atoms with Gasteiger partial charge >= 0.3 is 0 Å². The van der Waals surface area contributed by atoms with Gasteiger partial charge in [-0.2, -0.15) is 0 Å². The molecule has 0 atom stereocenters. The lowest BCUT2D eigenvalue weighted by molar-refractivity contribution is -0.883. The Morgan fingerprint density at radius 2 is 1.81 bits per heavy atom. The van der Waals surface area contributed by atoms with Crippen molar-refractivity contribution in [2.45, 2.75) is 13.8 Å². The molecule has 3 aromatic rings. The Bertz CT molecular complexity index is 1190. The first kappa shape index (κ1) is 21.9. The van der Waals surface area contributed by atoms with E-state index < -0.39 is 0 Å². The molecular formula is C25H29N2O5+. The fourth-order valence-electron chi connectivity index (χ4n) is 4.10. The van der Waals surface area contributed by atoms with Crippen molar-refractivity contribution in [3.05, 3.63) is 57.7 Å². The van der Waals surface area contributed by atoms with Gasteiger partial charge in [0.2, 0.25) is 11.2 Å². The standard InChI is InChI=1S/C25H28N2O5/c1-16-13-17(2)22-20(14-16)32-24(18-5-7-19(30-4)8-6-18)25(23(22)29)31-15-21(28)27-11-9-26(3)10-12-27/h5-8,13-14H,9-12,15H2,1-4H3/p+1. The van der Waals surface area contributed by atoms with Gasteiger partial charge in [-0.15, -0.1) is 0 Å². The van der Waals surface area contributed by atoms with Crippen molar-refractivity contribution in [3.8, 4) is 22.8 Å². The van der Waals surface area contributed by atoms with Crippen LogP contribution in [0.1, 0.15) is 11.1 Å². The van der Waals surface area contributed by atoms with Crippen LogP contribution in [0.5, 0.6) is 11.5 Å². The Morgan fingerprint density at radius 3 is 2.47 bits per heavy atom. The van der Waals surface area contributed by atoms with Crippen LogP contribution in [0.15, 0.2) is 45.6 Å². The Morgan fingerprint density at radius 1 is 1.12 bits per heavy atom. The predicted molar refractivity (Wildman–Crippen MR) is 123 cm³/mol. The van der Waals surface area contributed by atoms with Crippen molar-refractivity contribution >= 4 is 16.9 Å². The van der Waals surface area contributed by atoms with E-state index in [4.69, 9.17) is 13.9 Å². The molecule has 0 spiro atoms. The van der Waals surface area contributed by atoms with E-state index in [1.54, 1.807) is 24.1 Å². The Labute approximate surface area is 187 Å². The highest BCUT2D eigenvalue weighted by atomic mass is 16.5. The number of hydrogen-bond donors (Lipinski definition) is 1. The van der Waals surface area contributed by atoms with Crippen LogP contribution >= 0.6 is 0 Å². The largest absolute Gasteiger partial charge is 0.497 e. The summed E-state index contributed by atoms with van der Waals surface area (Å²) in [5.74, 6) is 0.935. The monoisotopic (exact) mass is 437 g/mol. The molecule has 1 fully saturated rings. The SMILES string of the molecule is COc1ccc(-c2oc3cc(C)cc(C)c3c(=O)c2OCC(=O)N2CC[NH+](C)CC2)cc1. The quantitative estimate of drug-likeness (QED) is 0.659. The molecule has 1 amide bonds. The second-order valence-electron chi connectivity index (χ2n) is 8.40. The van der Waals surface area contributed by atoms with Gasteiger partial charge < -0.3 is 23.7 Å². The average molecular weight is 438 g/mol. The predicted octanol–water partition coefficient (Wildman–Crippen LogP) is 1.82. The molecule has 1 aromatic heterocycles. The minimum Gasteiger partial charge on any atom is -0.497 e. The third-order valence-electron chi connectivity index (χ3n) is 5.96. The van der Waals surface area contributed by atoms with Gasteiger partial charge in [-0.3, -0.25) is 9.59 Å². The normalized spacial score (nSPS) is 14.6. The molecule has 2 aromatic carbocycles. The highest BCUT2D eigenvalue weighted by Crippen LogP contribution is 2.33. The number of hydrogen-bond acceptors (Lipinski definition) is 5. The first-order valence-corrected chi connectivity index (χ1v) is 10.8. The van der Waals surface area contributed by atoms with Crippen molar-refractivity contribution in [3.63, 3.8) is 0 Å². The molecule has 0 unspecified atom stereocenters. The van der Waals surface area contributed by atoms with Gasteiger partial charge in [0.25, 0.3) is 5.91 Å². The number of amides is 1. The summed E-state index contributed by atoms with van der Waals surface area (Å²) in [6.07, 6.45) is 0. The molecule has 2 heterocycles. The van der Waals surface area contributed by atoms with Crippen molar-refractivity contribution in [1.82, 2.24) is 4.90 Å². The number of aryl methyl sites for hydroxylation is 2. The average Bonchev–Trinajstić information content (AvgIpc) is 2.78. The molecule has 1 saturated heterocycles. The van der Waals surface area contributed by atoms with E-state index in [0.29, 0.717) is 41.1 Å². The van der Waals surface area contributed by atoms with Gasteiger partial charge in [-0.05, 0) is 55.3 Å². The van der Waals surface area contributed by atoms with Crippen molar-refractivity contribution in [2.75, 3.05) is 46.9 Å². The van der Waals surface area contributed by atoms with Crippen LogP contribution in [-0.2, 0) is 4.79 Å². The van der Waals surface area contributed by atoms with Gasteiger partial charge in [0.1, 0.15) is 11.3 Å². The zero-order valence-corrected chi connectivity index (χ0v) is 19.0. The number of rotatable bonds is 5. The van der Waals surface area contributed by atoms with Gasteiger partial charge in [-0.25, -0.2) is 0 Å². The van der Waals surface area contributed by atoms with E-state index in [-0.39, 0.29) is 23.7 Å². The molecule has 32 heavy (non-hydrogen) atoms. The molecule has 0 saturated carbocycles. The third-order valence-corrected chi connectivity index (χ3v) is 5.96. The first-order chi connectivity index (χ1) is 15.4. The minimum absolute atomic E-state index is 0.0581. The molecule has 7 heteroatoms. The highest BCUT2D eigenvalue weighted by molar-refractivity contribution is 5.86. The lowest BCUT2D eigenvalue weighted by Crippen LogP contribution is -3.12. The first-order valence-electron chi connectivity index (χ1n) is 10.8. The van der Waals surface area contributed by atoms with Crippen molar-refractivity contribution in [2.24, 2.45) is 0 Å². The Hall–Kier alpha value is -3.32. The zero-order valence-electron chi connectivity index (χ0n) is 19.0. The molecule has 0 bridgehead atoms. The number of methoxy groups -OCH3 is 1. The van der Waals surface area contributed by atoms with Crippen molar-refractivity contribution in [1.29, 1.82) is 0 Å². The molecule has 1 aliphatic rings. The van der Waals surface area contributed by atoms with E-state index in [0.717, 1.165) is 24.2 Å². The summed E-state index contributed by atoms with van der Waals surface area (Å²) in [6.45, 7) is 6.80. The minimum atomic E-state index is -0.273. The number of benzene rings is 2. The molecule has 168 valence electrons. The molecule has 4 rings (SSSR count). The zero-order chi connectivity index (χ0) is 22.8. The van der Waals surface area contributed by atoms with Crippen LogP contribution in [0.25, 0.3) is 22.3 Å². The van der Waals surface area contributed by atoms with E-state index in [1.807, 2.05) is 38.1 Å². The van der Waals surface area contributed by atoms with E-state index in [2.05, 4.69) is 7.05 Å². The third kappa shape index (κ3) is 4.34. The number of carbonyl (C=O) groups excluding carboxylic acids is 1. The summed E-state index contributed by atoms with van der Waals surface area (Å²) in [4.78, 5) is 29.4. The Balaban J connectivity index is 1.74. The van der Waals surface area contributed by atoms with E-state index in [1.165, 1.54) is 4.90 Å². The smallest absolute Gasteiger partial charge is 0.260 e. The molecule has 0 radical (unpaired) electrons. The maximum absolute atomic E-state index is 13.5. The number of ether oxygens (including phenoxy) is 2. The molecule has 1 N–H and O–H groups in total. The summed E-state index contributed by atoms with van der Waals surface area (Å²) < 4.78 is 17.3. The van der Waals surface area contributed by atoms with Crippen LogP contribution in [0.4, 0.5) is 0 Å². The number of likely N-dealkylation sites (N-methyl/N-ethyl adjacent to an activating group) is 1. The summed E-state index contributed by atoms with van der Waals surface area (Å²) in [7, 11) is 3.71. The summed E-state index contributed by atoms with van der Waals surface area (Å²) in [5, 5.41) is 0.471. The molecular weight excluding hydrogens is 408 g/mol. The number of nitrogens with zero attached hydrogens (tertiary/aromatic N) is 1. The lowest BCUT2D eigenvalue weighted by atomic mass is 10.0. The number of carbonyl (C=O) groups is 1. The van der Waals surface area contributed by atoms with Crippen LogP contribution in [0, 0.1) is 13.8 Å².